The number of rotatable bonds is 2. The van der Waals surface area contributed by atoms with Gasteiger partial charge in [-0.25, -0.2) is 4.57 Å². The number of hydrogen-bond donors (Lipinski definition) is 0. The molecular weight excluding hydrogens is 136 g/mol. The lowest BCUT2D eigenvalue weighted by atomic mass is 10.2. The van der Waals surface area contributed by atoms with Gasteiger partial charge in [-0.2, -0.15) is 0 Å². The van der Waals surface area contributed by atoms with E-state index in [0.717, 1.165) is 6.54 Å². The summed E-state index contributed by atoms with van der Waals surface area (Å²) >= 11 is 0. The standard InChI is InChI=1S/C9H15N2/c1-8(2)5-11-6-9(3)4-10-7-11/h4,6-8H,5H2,1-3H3/q+1. The van der Waals surface area contributed by atoms with Gasteiger partial charge in [0.15, 0.2) is 0 Å². The van der Waals surface area contributed by atoms with E-state index in [4.69, 9.17) is 0 Å². The molecule has 1 rings (SSSR count). The fourth-order valence-corrected chi connectivity index (χ4v) is 1.09. The third-order valence-corrected chi connectivity index (χ3v) is 1.44. The molecule has 0 saturated heterocycles. The lowest BCUT2D eigenvalue weighted by Gasteiger charge is -2.01. The maximum Gasteiger partial charge on any atom is 0.286 e. The van der Waals surface area contributed by atoms with Gasteiger partial charge >= 0.3 is 0 Å². The molecular formula is C9H15N2+. The van der Waals surface area contributed by atoms with Gasteiger partial charge in [0, 0.05) is 5.56 Å². The second kappa shape index (κ2) is 3.46. The van der Waals surface area contributed by atoms with Crippen LogP contribution in [0.1, 0.15) is 19.4 Å². The fraction of sp³-hybridized carbons (Fsp3) is 0.556. The molecule has 1 aromatic rings. The lowest BCUT2D eigenvalue weighted by Crippen LogP contribution is -2.36. The van der Waals surface area contributed by atoms with Crippen LogP contribution in [0.2, 0.25) is 0 Å². The minimum Gasteiger partial charge on any atom is -0.237 e. The molecule has 0 unspecified atom stereocenters. The normalized spacial score (nSPS) is 10.5. The summed E-state index contributed by atoms with van der Waals surface area (Å²) in [7, 11) is 0. The van der Waals surface area contributed by atoms with E-state index in [9.17, 15) is 0 Å². The Morgan fingerprint density at radius 3 is 2.82 bits per heavy atom. The Bertz CT molecular complexity index is 231. The van der Waals surface area contributed by atoms with Crippen LogP contribution in [0.5, 0.6) is 0 Å². The Kier molecular flexibility index (Phi) is 2.58. The van der Waals surface area contributed by atoms with Gasteiger partial charge in [0.2, 0.25) is 0 Å². The molecule has 0 bridgehead atoms. The van der Waals surface area contributed by atoms with Gasteiger partial charge < -0.3 is 0 Å². The van der Waals surface area contributed by atoms with Crippen molar-refractivity contribution < 1.29 is 4.57 Å². The van der Waals surface area contributed by atoms with E-state index in [0.29, 0.717) is 5.92 Å². The van der Waals surface area contributed by atoms with Gasteiger partial charge in [-0.1, -0.05) is 18.8 Å². The van der Waals surface area contributed by atoms with Crippen molar-refractivity contribution in [2.24, 2.45) is 5.92 Å². The van der Waals surface area contributed by atoms with Gasteiger partial charge in [0.25, 0.3) is 6.33 Å². The Morgan fingerprint density at radius 1 is 1.55 bits per heavy atom. The van der Waals surface area contributed by atoms with Crippen LogP contribution in [0.15, 0.2) is 18.7 Å². The van der Waals surface area contributed by atoms with Gasteiger partial charge in [0.1, 0.15) is 6.20 Å². The molecule has 11 heavy (non-hydrogen) atoms. The first kappa shape index (κ1) is 8.18. The van der Waals surface area contributed by atoms with Gasteiger partial charge in [0.05, 0.1) is 12.7 Å². The molecule has 0 aliphatic carbocycles. The molecule has 60 valence electrons. The van der Waals surface area contributed by atoms with Crippen molar-refractivity contribution in [2.75, 3.05) is 0 Å². The van der Waals surface area contributed by atoms with Crippen LogP contribution in [0.3, 0.4) is 0 Å². The summed E-state index contributed by atoms with van der Waals surface area (Å²) in [5.41, 5.74) is 1.22. The van der Waals surface area contributed by atoms with Gasteiger partial charge in [-0.05, 0) is 12.8 Å². The van der Waals surface area contributed by atoms with Crippen molar-refractivity contribution in [3.8, 4) is 0 Å². The molecule has 1 aromatic heterocycles. The van der Waals surface area contributed by atoms with Crippen molar-refractivity contribution in [3.05, 3.63) is 24.3 Å². The van der Waals surface area contributed by atoms with Crippen molar-refractivity contribution in [1.29, 1.82) is 0 Å². The first-order valence-electron chi connectivity index (χ1n) is 3.99. The highest BCUT2D eigenvalue weighted by Crippen LogP contribution is 1.91. The summed E-state index contributed by atoms with van der Waals surface area (Å²) < 4.78 is 2.12. The monoisotopic (exact) mass is 151 g/mol. The second-order valence-corrected chi connectivity index (χ2v) is 3.36. The summed E-state index contributed by atoms with van der Waals surface area (Å²) in [4.78, 5) is 4.10. The topological polar surface area (TPSA) is 16.8 Å². The van der Waals surface area contributed by atoms with Crippen LogP contribution in [-0.2, 0) is 6.54 Å². The first-order valence-corrected chi connectivity index (χ1v) is 3.99. The predicted octanol–water partition coefficient (Wildman–Crippen LogP) is 1.33. The summed E-state index contributed by atoms with van der Waals surface area (Å²) in [6, 6.07) is 0. The van der Waals surface area contributed by atoms with Gasteiger partial charge in [-0.15, -0.1) is 0 Å². The predicted molar refractivity (Wildman–Crippen MR) is 44.0 cm³/mol. The Balaban J connectivity index is 2.71. The maximum absolute atomic E-state index is 4.10. The van der Waals surface area contributed by atoms with Crippen LogP contribution in [0, 0.1) is 12.8 Å². The molecule has 2 heteroatoms. The van der Waals surface area contributed by atoms with Crippen LogP contribution in [0.4, 0.5) is 0 Å². The highest BCUT2D eigenvalue weighted by atomic mass is 15.0. The fourth-order valence-electron chi connectivity index (χ4n) is 1.09. The molecule has 0 radical (unpaired) electrons. The number of aromatic nitrogens is 2. The summed E-state index contributed by atoms with van der Waals surface area (Å²) in [5, 5.41) is 0. The van der Waals surface area contributed by atoms with E-state index >= 15 is 0 Å². The van der Waals surface area contributed by atoms with E-state index < -0.39 is 0 Å². The van der Waals surface area contributed by atoms with Crippen LogP contribution in [-0.4, -0.2) is 4.98 Å². The average molecular weight is 151 g/mol. The van der Waals surface area contributed by atoms with E-state index in [2.05, 4.69) is 36.5 Å². The average Bonchev–Trinajstić information content (AvgIpc) is 1.85. The molecule has 0 amide bonds. The lowest BCUT2D eigenvalue weighted by molar-refractivity contribution is -0.705. The second-order valence-electron chi connectivity index (χ2n) is 3.36. The van der Waals surface area contributed by atoms with E-state index in [1.54, 1.807) is 0 Å². The summed E-state index contributed by atoms with van der Waals surface area (Å²) in [5.74, 6) is 0.684. The quantitative estimate of drug-likeness (QED) is 0.583. The zero-order chi connectivity index (χ0) is 8.27. The Hall–Kier alpha value is -0.920. The molecule has 0 aliphatic rings. The Labute approximate surface area is 67.9 Å². The zero-order valence-electron chi connectivity index (χ0n) is 7.41. The molecule has 0 spiro atoms. The molecule has 0 saturated carbocycles. The largest absolute Gasteiger partial charge is 0.286 e. The van der Waals surface area contributed by atoms with Crippen molar-refractivity contribution in [3.63, 3.8) is 0 Å². The van der Waals surface area contributed by atoms with E-state index in [-0.39, 0.29) is 0 Å². The molecule has 0 aliphatic heterocycles. The third kappa shape index (κ3) is 2.66. The van der Waals surface area contributed by atoms with Gasteiger partial charge in [-0.3, -0.25) is 0 Å². The van der Waals surface area contributed by atoms with Crippen molar-refractivity contribution in [2.45, 2.75) is 27.3 Å². The SMILES string of the molecule is Cc1cnc[n+](CC(C)C)c1. The molecule has 0 N–H and O–H groups in total. The van der Waals surface area contributed by atoms with Crippen LogP contribution in [0.25, 0.3) is 0 Å². The number of aryl methyl sites for hydroxylation is 1. The number of nitrogens with zero attached hydrogens (tertiary/aromatic N) is 2. The summed E-state index contributed by atoms with van der Waals surface area (Å²) in [6.07, 6.45) is 5.86. The molecule has 0 atom stereocenters. The Morgan fingerprint density at radius 2 is 2.27 bits per heavy atom. The van der Waals surface area contributed by atoms with E-state index in [1.165, 1.54) is 5.56 Å². The molecule has 0 aromatic carbocycles. The minimum absolute atomic E-state index is 0.684. The summed E-state index contributed by atoms with van der Waals surface area (Å²) in [6.45, 7) is 7.52. The maximum atomic E-state index is 4.10. The highest BCUT2D eigenvalue weighted by Gasteiger charge is 2.00. The number of hydrogen-bond acceptors (Lipinski definition) is 1. The molecule has 2 nitrogen and oxygen atoms in total. The van der Waals surface area contributed by atoms with Crippen LogP contribution < -0.4 is 4.57 Å². The minimum atomic E-state index is 0.684. The van der Waals surface area contributed by atoms with E-state index in [1.807, 2.05) is 12.5 Å². The molecule has 1 heterocycles. The third-order valence-electron chi connectivity index (χ3n) is 1.44. The van der Waals surface area contributed by atoms with Crippen molar-refractivity contribution >= 4 is 0 Å². The molecule has 0 fully saturated rings. The first-order chi connectivity index (χ1) is 5.18. The van der Waals surface area contributed by atoms with Crippen LogP contribution >= 0.6 is 0 Å². The smallest absolute Gasteiger partial charge is 0.237 e. The highest BCUT2D eigenvalue weighted by molar-refractivity contribution is 4.93. The zero-order valence-corrected chi connectivity index (χ0v) is 7.41. The van der Waals surface area contributed by atoms with Crippen molar-refractivity contribution in [1.82, 2.24) is 4.98 Å².